The molecule has 3 nitrogen and oxygen atoms in total. The Bertz CT molecular complexity index is 449. The molecule has 1 saturated heterocycles. The van der Waals surface area contributed by atoms with E-state index < -0.39 is 0 Å². The molecule has 1 fully saturated rings. The Kier molecular flexibility index (Phi) is 5.38. The fraction of sp³-hybridized carbons (Fsp3) is 0.600. The Balaban J connectivity index is 2.21. The molecule has 5 heteroatoms. The van der Waals surface area contributed by atoms with Crippen LogP contribution in [-0.4, -0.2) is 39.0 Å². The van der Waals surface area contributed by atoms with Crippen molar-refractivity contribution < 1.29 is 13.9 Å². The number of hydrogen-bond donors (Lipinski definition) is 1. The van der Waals surface area contributed by atoms with Crippen molar-refractivity contribution in [3.63, 3.8) is 0 Å². The summed E-state index contributed by atoms with van der Waals surface area (Å²) in [5.74, 6) is -0.229. The predicted molar refractivity (Wildman–Crippen MR) is 77.8 cm³/mol. The van der Waals surface area contributed by atoms with E-state index in [-0.39, 0.29) is 17.5 Å². The van der Waals surface area contributed by atoms with Gasteiger partial charge in [0.15, 0.2) is 0 Å². The van der Waals surface area contributed by atoms with E-state index in [0.717, 1.165) is 12.8 Å². The molecule has 1 aliphatic heterocycles. The maximum Gasteiger partial charge on any atom is 0.126 e. The minimum atomic E-state index is -0.318. The SMILES string of the molecule is CNC(Cc1cc(Cl)ccc1F)C1(OC)CCOCC1. The van der Waals surface area contributed by atoms with Crippen molar-refractivity contribution in [2.24, 2.45) is 0 Å². The third-order valence-corrected chi connectivity index (χ3v) is 4.40. The van der Waals surface area contributed by atoms with Gasteiger partial charge in [0.1, 0.15) is 5.82 Å². The van der Waals surface area contributed by atoms with Crippen LogP contribution in [0.4, 0.5) is 4.39 Å². The number of nitrogens with one attached hydrogen (secondary N) is 1. The summed E-state index contributed by atoms with van der Waals surface area (Å²) in [4.78, 5) is 0. The van der Waals surface area contributed by atoms with Crippen LogP contribution in [0.3, 0.4) is 0 Å². The van der Waals surface area contributed by atoms with Crippen LogP contribution in [0, 0.1) is 5.82 Å². The molecule has 1 atom stereocenters. The third-order valence-electron chi connectivity index (χ3n) is 4.16. The minimum absolute atomic E-state index is 0.0179. The van der Waals surface area contributed by atoms with Crippen LogP contribution < -0.4 is 5.32 Å². The van der Waals surface area contributed by atoms with Gasteiger partial charge in [-0.2, -0.15) is 0 Å². The first kappa shape index (κ1) is 15.7. The molecule has 0 bridgehead atoms. The first-order chi connectivity index (χ1) is 9.61. The Hall–Kier alpha value is -0.680. The summed E-state index contributed by atoms with van der Waals surface area (Å²) >= 11 is 5.96. The third kappa shape index (κ3) is 3.31. The zero-order valence-corrected chi connectivity index (χ0v) is 12.7. The van der Waals surface area contributed by atoms with E-state index in [9.17, 15) is 4.39 Å². The molecule has 0 aromatic heterocycles. The van der Waals surface area contributed by atoms with E-state index in [1.807, 2.05) is 7.05 Å². The topological polar surface area (TPSA) is 30.5 Å². The van der Waals surface area contributed by atoms with E-state index in [1.165, 1.54) is 6.07 Å². The Morgan fingerprint density at radius 1 is 1.45 bits per heavy atom. The fourth-order valence-corrected chi connectivity index (χ4v) is 3.08. The van der Waals surface area contributed by atoms with Crippen molar-refractivity contribution in [1.82, 2.24) is 5.32 Å². The first-order valence-electron chi connectivity index (χ1n) is 6.85. The average Bonchev–Trinajstić information content (AvgIpc) is 2.48. The highest BCUT2D eigenvalue weighted by Gasteiger charge is 2.40. The monoisotopic (exact) mass is 301 g/mol. The summed E-state index contributed by atoms with van der Waals surface area (Å²) in [6.07, 6.45) is 2.14. The number of methoxy groups -OCH3 is 1. The molecule has 1 aliphatic rings. The molecule has 1 aromatic rings. The molecule has 1 heterocycles. The maximum atomic E-state index is 13.9. The Morgan fingerprint density at radius 3 is 2.75 bits per heavy atom. The molecule has 1 aromatic carbocycles. The normalized spacial score (nSPS) is 19.8. The molecular weight excluding hydrogens is 281 g/mol. The lowest BCUT2D eigenvalue weighted by Gasteiger charge is -2.42. The minimum Gasteiger partial charge on any atom is -0.381 e. The predicted octanol–water partition coefficient (Wildman–Crippen LogP) is 2.81. The highest BCUT2D eigenvalue weighted by Crippen LogP contribution is 2.31. The summed E-state index contributed by atoms with van der Waals surface area (Å²) in [6.45, 7) is 1.34. The zero-order chi connectivity index (χ0) is 14.6. The van der Waals surface area contributed by atoms with Gasteiger partial charge in [0, 0.05) is 44.2 Å². The zero-order valence-electron chi connectivity index (χ0n) is 11.9. The molecule has 0 aliphatic carbocycles. The Labute approximate surface area is 124 Å². The highest BCUT2D eigenvalue weighted by molar-refractivity contribution is 6.30. The second kappa shape index (κ2) is 6.85. The molecule has 112 valence electrons. The second-order valence-corrected chi connectivity index (χ2v) is 5.60. The van der Waals surface area contributed by atoms with Crippen molar-refractivity contribution in [3.8, 4) is 0 Å². The van der Waals surface area contributed by atoms with E-state index in [0.29, 0.717) is 30.2 Å². The van der Waals surface area contributed by atoms with Crippen LogP contribution in [-0.2, 0) is 15.9 Å². The van der Waals surface area contributed by atoms with Crippen molar-refractivity contribution in [1.29, 1.82) is 0 Å². The van der Waals surface area contributed by atoms with Gasteiger partial charge in [0.05, 0.1) is 5.60 Å². The van der Waals surface area contributed by atoms with Gasteiger partial charge in [0.25, 0.3) is 0 Å². The van der Waals surface area contributed by atoms with Gasteiger partial charge in [-0.05, 0) is 37.2 Å². The number of ether oxygens (including phenoxy) is 2. The molecule has 0 amide bonds. The van der Waals surface area contributed by atoms with Crippen LogP contribution in [0.5, 0.6) is 0 Å². The van der Waals surface area contributed by atoms with Gasteiger partial charge in [-0.15, -0.1) is 0 Å². The Morgan fingerprint density at radius 2 is 2.15 bits per heavy atom. The largest absolute Gasteiger partial charge is 0.381 e. The van der Waals surface area contributed by atoms with Gasteiger partial charge in [-0.25, -0.2) is 4.39 Å². The number of benzene rings is 1. The number of hydrogen-bond acceptors (Lipinski definition) is 3. The first-order valence-corrected chi connectivity index (χ1v) is 7.23. The molecule has 0 spiro atoms. The summed E-state index contributed by atoms with van der Waals surface area (Å²) < 4.78 is 25.1. The van der Waals surface area contributed by atoms with Gasteiger partial charge >= 0.3 is 0 Å². The van der Waals surface area contributed by atoms with Gasteiger partial charge in [-0.3, -0.25) is 0 Å². The molecule has 0 saturated carbocycles. The standard InChI is InChI=1S/C15H21ClFNO2/c1-18-14(15(19-2)5-7-20-8-6-15)10-11-9-12(16)3-4-13(11)17/h3-4,9,14,18H,5-8,10H2,1-2H3. The van der Waals surface area contributed by atoms with Gasteiger partial charge < -0.3 is 14.8 Å². The summed E-state index contributed by atoms with van der Waals surface area (Å²) in [5, 5.41) is 3.82. The van der Waals surface area contributed by atoms with Gasteiger partial charge in [-0.1, -0.05) is 11.6 Å². The van der Waals surface area contributed by atoms with Crippen molar-refractivity contribution in [2.45, 2.75) is 30.9 Å². The van der Waals surface area contributed by atoms with E-state index in [4.69, 9.17) is 21.1 Å². The lowest BCUT2D eigenvalue weighted by atomic mass is 9.82. The van der Waals surface area contributed by atoms with Crippen LogP contribution in [0.2, 0.25) is 5.02 Å². The summed E-state index contributed by atoms with van der Waals surface area (Å²) in [7, 11) is 3.59. The fourth-order valence-electron chi connectivity index (χ4n) is 2.88. The van der Waals surface area contributed by atoms with Crippen LogP contribution in [0.15, 0.2) is 18.2 Å². The number of likely N-dealkylation sites (N-methyl/N-ethyl adjacent to an activating group) is 1. The molecule has 20 heavy (non-hydrogen) atoms. The van der Waals surface area contributed by atoms with E-state index in [2.05, 4.69) is 5.32 Å². The maximum absolute atomic E-state index is 13.9. The summed E-state index contributed by atoms with van der Waals surface area (Å²) in [6, 6.07) is 4.68. The van der Waals surface area contributed by atoms with Crippen molar-refractivity contribution >= 4 is 11.6 Å². The van der Waals surface area contributed by atoms with Crippen molar-refractivity contribution in [2.75, 3.05) is 27.4 Å². The number of halogens is 2. The smallest absolute Gasteiger partial charge is 0.126 e. The van der Waals surface area contributed by atoms with E-state index in [1.54, 1.807) is 19.2 Å². The quantitative estimate of drug-likeness (QED) is 0.907. The second-order valence-electron chi connectivity index (χ2n) is 5.16. The molecule has 2 rings (SSSR count). The molecular formula is C15H21ClFNO2. The highest BCUT2D eigenvalue weighted by atomic mass is 35.5. The van der Waals surface area contributed by atoms with Gasteiger partial charge in [0.2, 0.25) is 0 Å². The molecule has 0 radical (unpaired) electrons. The van der Waals surface area contributed by atoms with Crippen LogP contribution in [0.1, 0.15) is 18.4 Å². The van der Waals surface area contributed by atoms with Crippen molar-refractivity contribution in [3.05, 3.63) is 34.6 Å². The lowest BCUT2D eigenvalue weighted by molar-refractivity contribution is -0.109. The van der Waals surface area contributed by atoms with E-state index >= 15 is 0 Å². The summed E-state index contributed by atoms with van der Waals surface area (Å²) in [5.41, 5.74) is 0.293. The molecule has 1 N–H and O–H groups in total. The average molecular weight is 302 g/mol. The molecule has 1 unspecified atom stereocenters. The lowest BCUT2D eigenvalue weighted by Crippen LogP contribution is -2.55. The van der Waals surface area contributed by atoms with Crippen LogP contribution in [0.25, 0.3) is 0 Å². The number of rotatable bonds is 5. The van der Waals surface area contributed by atoms with Crippen LogP contribution >= 0.6 is 11.6 Å².